The van der Waals surface area contributed by atoms with Crippen molar-refractivity contribution in [2.24, 2.45) is 5.92 Å². The van der Waals surface area contributed by atoms with Crippen molar-refractivity contribution in [2.45, 2.75) is 167 Å². The average molecular weight is 623 g/mol. The van der Waals surface area contributed by atoms with Gasteiger partial charge in [0, 0.05) is 5.56 Å². The molecule has 258 valence electrons. The smallest absolute Gasteiger partial charge is 0.131 e. The normalized spacial score (nSPS) is 12.2. The second-order valence-corrected chi connectivity index (χ2v) is 12.0. The molecule has 0 atom stereocenters. The van der Waals surface area contributed by atoms with Crippen molar-refractivity contribution in [1.82, 2.24) is 0 Å². The highest BCUT2D eigenvalue weighted by molar-refractivity contribution is 5.66. The van der Waals surface area contributed by atoms with Crippen LogP contribution in [0.25, 0.3) is 11.1 Å². The van der Waals surface area contributed by atoms with Gasteiger partial charge in [-0.2, -0.15) is 0 Å². The predicted molar refractivity (Wildman–Crippen MR) is 208 cm³/mol. The first-order valence-corrected chi connectivity index (χ1v) is 18.3. The van der Waals surface area contributed by atoms with Crippen LogP contribution in [0.4, 0.5) is 4.39 Å². The highest BCUT2D eigenvalue weighted by Crippen LogP contribution is 2.27. The van der Waals surface area contributed by atoms with Gasteiger partial charge in [0.05, 0.1) is 0 Å². The maximum atomic E-state index is 14.0. The summed E-state index contributed by atoms with van der Waals surface area (Å²) in [6, 6.07) is 11.7. The standard InChI is InChI=1S/C18H21F.C7H14.C7H12.C7H16.C3H6.C2H6/c1-4-6-15-12-16(9-7-13(15)3)17-11-14(5-2)8-10-18(17)19;1-7-5-3-2-4-6-7;1-5-7(4)6(2)3;1-3-5-7-6-4-2;1-3-2;1-2/h7-12H,4-6H2,1-3H3;7H,2-6H2,1H3;5H,2H2,1,3-4H3;3-7H2,1-2H3;3H,1H2,2H3;1-2H3/b;;7-5+;;;. The fourth-order valence-corrected chi connectivity index (χ4v) is 4.62. The van der Waals surface area contributed by atoms with Crippen LogP contribution in [-0.4, -0.2) is 0 Å². The highest BCUT2D eigenvalue weighted by Gasteiger charge is 2.08. The van der Waals surface area contributed by atoms with Gasteiger partial charge in [0.25, 0.3) is 0 Å². The molecule has 0 aromatic heterocycles. The molecule has 0 spiro atoms. The lowest BCUT2D eigenvalue weighted by Gasteiger charge is -2.15. The van der Waals surface area contributed by atoms with E-state index in [1.165, 1.54) is 86.5 Å². The Morgan fingerprint density at radius 2 is 1.40 bits per heavy atom. The number of unbranched alkanes of at least 4 members (excludes halogenated alkanes) is 4. The van der Waals surface area contributed by atoms with Gasteiger partial charge in [0.1, 0.15) is 5.82 Å². The molecule has 3 rings (SSSR count). The zero-order chi connectivity index (χ0) is 35.0. The zero-order valence-corrected chi connectivity index (χ0v) is 32.2. The van der Waals surface area contributed by atoms with Gasteiger partial charge in [0.15, 0.2) is 0 Å². The minimum atomic E-state index is -0.136. The molecule has 0 unspecified atom stereocenters. The lowest BCUT2D eigenvalue weighted by Crippen LogP contribution is -1.99. The molecule has 0 heterocycles. The van der Waals surface area contributed by atoms with Crippen molar-refractivity contribution >= 4 is 0 Å². The Balaban J connectivity index is -0.000000563. The van der Waals surface area contributed by atoms with Gasteiger partial charge in [-0.1, -0.05) is 173 Å². The molecule has 0 aliphatic heterocycles. The molecule has 0 bridgehead atoms. The van der Waals surface area contributed by atoms with Crippen molar-refractivity contribution in [2.75, 3.05) is 0 Å². The summed E-state index contributed by atoms with van der Waals surface area (Å²) in [6.45, 7) is 32.3. The molecule has 0 amide bonds. The van der Waals surface area contributed by atoms with E-state index in [0.29, 0.717) is 0 Å². The van der Waals surface area contributed by atoms with E-state index in [2.05, 4.69) is 79.8 Å². The number of hydrogen-bond donors (Lipinski definition) is 0. The molecular weight excluding hydrogens is 547 g/mol. The summed E-state index contributed by atoms with van der Waals surface area (Å²) in [4.78, 5) is 0. The lowest BCUT2D eigenvalue weighted by atomic mass is 9.91. The third-order valence-corrected chi connectivity index (χ3v) is 7.83. The molecule has 1 aliphatic carbocycles. The largest absolute Gasteiger partial charge is 0.206 e. The number of benzene rings is 2. The highest BCUT2D eigenvalue weighted by atomic mass is 19.1. The summed E-state index contributed by atoms with van der Waals surface area (Å²) >= 11 is 0. The fraction of sp³-hybridized carbons (Fsp3) is 0.591. The summed E-state index contributed by atoms with van der Waals surface area (Å²) in [5, 5.41) is 0. The number of hydrogen-bond acceptors (Lipinski definition) is 0. The topological polar surface area (TPSA) is 0 Å². The maximum Gasteiger partial charge on any atom is 0.131 e. The van der Waals surface area contributed by atoms with Crippen LogP contribution in [0.2, 0.25) is 0 Å². The van der Waals surface area contributed by atoms with Gasteiger partial charge in [-0.25, -0.2) is 4.39 Å². The Morgan fingerprint density at radius 3 is 1.78 bits per heavy atom. The molecule has 1 heteroatoms. The molecule has 0 nitrogen and oxygen atoms in total. The maximum absolute atomic E-state index is 14.0. The molecule has 45 heavy (non-hydrogen) atoms. The van der Waals surface area contributed by atoms with Crippen molar-refractivity contribution in [3.05, 3.63) is 95.4 Å². The van der Waals surface area contributed by atoms with Gasteiger partial charge in [0.2, 0.25) is 0 Å². The average Bonchev–Trinajstić information content (AvgIpc) is 3.05. The molecule has 2 aromatic carbocycles. The minimum Gasteiger partial charge on any atom is -0.206 e. The molecule has 0 radical (unpaired) electrons. The number of halogens is 1. The van der Waals surface area contributed by atoms with Crippen molar-refractivity contribution in [1.29, 1.82) is 0 Å². The van der Waals surface area contributed by atoms with Crippen LogP contribution in [0.5, 0.6) is 0 Å². The van der Waals surface area contributed by atoms with Crippen LogP contribution in [0.15, 0.2) is 72.9 Å². The Kier molecular flexibility index (Phi) is 34.4. The number of allylic oxidation sites excluding steroid dienone is 4. The van der Waals surface area contributed by atoms with Gasteiger partial charge in [-0.15, -0.1) is 6.58 Å². The quantitative estimate of drug-likeness (QED) is 0.148. The number of aryl methyl sites for hydroxylation is 3. The van der Waals surface area contributed by atoms with Crippen molar-refractivity contribution in [3.63, 3.8) is 0 Å². The molecule has 1 fully saturated rings. The van der Waals surface area contributed by atoms with E-state index in [0.717, 1.165) is 41.9 Å². The molecule has 1 aliphatic rings. The predicted octanol–water partition coefficient (Wildman–Crippen LogP) is 15.6. The first kappa shape index (κ1) is 47.0. The molecular formula is C44H75F. The minimum absolute atomic E-state index is 0.136. The van der Waals surface area contributed by atoms with E-state index in [4.69, 9.17) is 0 Å². The van der Waals surface area contributed by atoms with Crippen LogP contribution in [-0.2, 0) is 12.8 Å². The summed E-state index contributed by atoms with van der Waals surface area (Å²) < 4.78 is 14.0. The molecule has 0 N–H and O–H groups in total. The summed E-state index contributed by atoms with van der Waals surface area (Å²) in [6.07, 6.45) is 21.3. The Labute approximate surface area is 282 Å². The van der Waals surface area contributed by atoms with E-state index in [-0.39, 0.29) is 5.82 Å². The van der Waals surface area contributed by atoms with Crippen molar-refractivity contribution < 1.29 is 4.39 Å². The molecule has 1 saturated carbocycles. The fourth-order valence-electron chi connectivity index (χ4n) is 4.62. The second kappa shape index (κ2) is 33.0. The Morgan fingerprint density at radius 1 is 0.844 bits per heavy atom. The van der Waals surface area contributed by atoms with E-state index >= 15 is 0 Å². The van der Waals surface area contributed by atoms with Crippen LogP contribution in [0, 0.1) is 18.7 Å². The Bertz CT molecular complexity index is 1000. The van der Waals surface area contributed by atoms with Gasteiger partial charge < -0.3 is 0 Å². The second-order valence-electron chi connectivity index (χ2n) is 12.0. The van der Waals surface area contributed by atoms with Gasteiger partial charge in [-0.3, -0.25) is 0 Å². The van der Waals surface area contributed by atoms with Crippen LogP contribution in [0.3, 0.4) is 0 Å². The van der Waals surface area contributed by atoms with Crippen LogP contribution in [0.1, 0.15) is 163 Å². The third kappa shape index (κ3) is 25.5. The van der Waals surface area contributed by atoms with Crippen LogP contribution < -0.4 is 0 Å². The van der Waals surface area contributed by atoms with Gasteiger partial charge >= 0.3 is 0 Å². The van der Waals surface area contributed by atoms with E-state index in [1.807, 2.05) is 52.8 Å². The summed E-state index contributed by atoms with van der Waals surface area (Å²) in [7, 11) is 0. The van der Waals surface area contributed by atoms with E-state index in [1.54, 1.807) is 12.1 Å². The first-order valence-electron chi connectivity index (χ1n) is 18.3. The third-order valence-electron chi connectivity index (χ3n) is 7.83. The molecule has 0 saturated heterocycles. The van der Waals surface area contributed by atoms with E-state index in [9.17, 15) is 4.39 Å². The summed E-state index contributed by atoms with van der Waals surface area (Å²) in [5.41, 5.74) is 7.93. The SMILES string of the molecule is C=C(C)/C(C)=C/C.C=CC.CC.CC1CCCCC1.CCCCCCC.CCCc1cc(-c2cc(CC)ccc2F)ccc1C. The van der Waals surface area contributed by atoms with Crippen molar-refractivity contribution in [3.8, 4) is 11.1 Å². The summed E-state index contributed by atoms with van der Waals surface area (Å²) in [5.74, 6) is 0.900. The monoisotopic (exact) mass is 623 g/mol. The van der Waals surface area contributed by atoms with Gasteiger partial charge in [-0.05, 0) is 87.8 Å². The molecule has 2 aromatic rings. The lowest BCUT2D eigenvalue weighted by molar-refractivity contribution is 0.385. The first-order chi connectivity index (χ1) is 21.6. The Hall–Kier alpha value is -2.41. The number of rotatable bonds is 9. The van der Waals surface area contributed by atoms with Crippen LogP contribution >= 0.6 is 0 Å². The van der Waals surface area contributed by atoms with E-state index < -0.39 is 0 Å². The zero-order valence-electron chi connectivity index (χ0n) is 32.2.